The lowest BCUT2D eigenvalue weighted by Crippen LogP contribution is -2.23. The van der Waals surface area contributed by atoms with Gasteiger partial charge in [0, 0.05) is 14.1 Å². The second-order valence-corrected chi connectivity index (χ2v) is 6.68. The molecule has 0 fully saturated rings. The minimum Gasteiger partial charge on any atom is -0.348 e. The summed E-state index contributed by atoms with van der Waals surface area (Å²) in [6.45, 7) is 2.02. The fraction of sp³-hybridized carbons (Fsp3) is 0.278. The van der Waals surface area contributed by atoms with Crippen molar-refractivity contribution in [3.63, 3.8) is 0 Å². The van der Waals surface area contributed by atoms with Crippen LogP contribution in [0.25, 0.3) is 16.7 Å². The highest BCUT2D eigenvalue weighted by molar-refractivity contribution is 7.99. The molecule has 0 bridgehead atoms. The second-order valence-electron chi connectivity index (χ2n) is 5.68. The molecule has 0 saturated carbocycles. The fourth-order valence-electron chi connectivity index (χ4n) is 2.62. The van der Waals surface area contributed by atoms with Crippen LogP contribution in [0.15, 0.2) is 35.4 Å². The molecule has 0 radical (unpaired) electrons. The zero-order valence-electron chi connectivity index (χ0n) is 13.9. The van der Waals surface area contributed by atoms with E-state index in [1.165, 1.54) is 11.8 Å². The molecule has 1 aromatic carbocycles. The Labute approximate surface area is 144 Å². The molecule has 0 saturated heterocycles. The number of para-hydroxylation sites is 2. The first kappa shape index (κ1) is 16.3. The molecular weight excluding hydrogens is 320 g/mol. The summed E-state index contributed by atoms with van der Waals surface area (Å²) in [4.78, 5) is 18.2. The van der Waals surface area contributed by atoms with E-state index in [9.17, 15) is 10.1 Å². The zero-order valence-corrected chi connectivity index (χ0v) is 14.7. The van der Waals surface area contributed by atoms with Crippen LogP contribution >= 0.6 is 11.8 Å². The highest BCUT2D eigenvalue weighted by atomic mass is 32.2. The normalized spacial score (nSPS) is 10.9. The molecule has 0 unspecified atom stereocenters. The Morgan fingerprint density at radius 1 is 1.38 bits per heavy atom. The summed E-state index contributed by atoms with van der Waals surface area (Å²) >= 11 is 1.48. The lowest BCUT2D eigenvalue weighted by molar-refractivity contribution is -0.125. The number of nitriles is 1. The number of fused-ring (bicyclic) bond motifs is 3. The third-order valence-electron chi connectivity index (χ3n) is 3.96. The van der Waals surface area contributed by atoms with Gasteiger partial charge in [-0.3, -0.25) is 9.20 Å². The Balaban J connectivity index is 2.23. The number of hydrogen-bond acceptors (Lipinski definition) is 4. The Morgan fingerprint density at radius 2 is 2.12 bits per heavy atom. The molecule has 2 heterocycles. The summed E-state index contributed by atoms with van der Waals surface area (Å²) in [6.07, 6.45) is 0.748. The van der Waals surface area contributed by atoms with E-state index in [0.29, 0.717) is 17.0 Å². The fourth-order valence-corrected chi connectivity index (χ4v) is 3.69. The monoisotopic (exact) mass is 338 g/mol. The molecule has 0 aliphatic heterocycles. The first-order chi connectivity index (χ1) is 11.6. The lowest BCUT2D eigenvalue weighted by atomic mass is 10.1. The number of rotatable bonds is 4. The van der Waals surface area contributed by atoms with Gasteiger partial charge in [0.15, 0.2) is 5.65 Å². The number of carbonyl (C=O) groups is 1. The second kappa shape index (κ2) is 6.54. The van der Waals surface area contributed by atoms with E-state index >= 15 is 0 Å². The topological polar surface area (TPSA) is 61.4 Å². The number of hydrogen-bond donors (Lipinski definition) is 0. The number of amides is 1. The van der Waals surface area contributed by atoms with E-state index < -0.39 is 0 Å². The SMILES string of the molecule is CCc1cc(SCC(=O)N(C)C)n2c(nc3ccccc32)c1C#N. The molecule has 24 heavy (non-hydrogen) atoms. The number of aryl methyl sites for hydroxylation is 1. The van der Waals surface area contributed by atoms with Gasteiger partial charge in [-0.15, -0.1) is 0 Å². The molecule has 3 rings (SSSR count). The molecule has 5 nitrogen and oxygen atoms in total. The van der Waals surface area contributed by atoms with E-state index in [1.807, 2.05) is 41.7 Å². The molecule has 6 heteroatoms. The maximum Gasteiger partial charge on any atom is 0.232 e. The third kappa shape index (κ3) is 2.72. The van der Waals surface area contributed by atoms with Gasteiger partial charge in [0.05, 0.1) is 27.4 Å². The number of carbonyl (C=O) groups excluding carboxylic acids is 1. The van der Waals surface area contributed by atoms with Gasteiger partial charge in [-0.1, -0.05) is 30.8 Å². The van der Waals surface area contributed by atoms with Crippen LogP contribution in [-0.2, 0) is 11.2 Å². The van der Waals surface area contributed by atoms with Crippen molar-refractivity contribution in [3.8, 4) is 6.07 Å². The van der Waals surface area contributed by atoms with Gasteiger partial charge < -0.3 is 4.90 Å². The van der Waals surface area contributed by atoms with E-state index in [0.717, 1.165) is 28.0 Å². The molecular formula is C18H18N4OS. The summed E-state index contributed by atoms with van der Waals surface area (Å²) in [5.74, 6) is 0.406. The molecule has 0 spiro atoms. The number of pyridine rings is 1. The highest BCUT2D eigenvalue weighted by Crippen LogP contribution is 2.29. The summed E-state index contributed by atoms with van der Waals surface area (Å²) in [5, 5.41) is 10.5. The predicted octanol–water partition coefficient (Wildman–Crippen LogP) is 3.10. The van der Waals surface area contributed by atoms with Crippen LogP contribution in [0.5, 0.6) is 0 Å². The first-order valence-electron chi connectivity index (χ1n) is 7.73. The molecule has 0 N–H and O–H groups in total. The standard InChI is InChI=1S/C18H18N4OS/c1-4-12-9-17(24-11-16(23)21(2)3)22-15-8-6-5-7-14(15)20-18(22)13(12)10-19/h5-9H,4,11H2,1-3H3. The zero-order chi connectivity index (χ0) is 17.3. The Bertz CT molecular complexity index is 968. The van der Waals surface area contributed by atoms with Crippen molar-refractivity contribution in [2.24, 2.45) is 0 Å². The van der Waals surface area contributed by atoms with Crippen molar-refractivity contribution in [2.75, 3.05) is 19.8 Å². The quantitative estimate of drug-likeness (QED) is 0.686. The molecule has 0 aliphatic rings. The van der Waals surface area contributed by atoms with Gasteiger partial charge in [0.1, 0.15) is 6.07 Å². The molecule has 3 aromatic rings. The van der Waals surface area contributed by atoms with Gasteiger partial charge in [0.2, 0.25) is 5.91 Å². The Hall–Kier alpha value is -2.52. The van der Waals surface area contributed by atoms with E-state index in [4.69, 9.17) is 0 Å². The van der Waals surface area contributed by atoms with Gasteiger partial charge in [-0.25, -0.2) is 4.98 Å². The van der Waals surface area contributed by atoms with Crippen LogP contribution in [0.2, 0.25) is 0 Å². The van der Waals surface area contributed by atoms with Crippen LogP contribution in [0, 0.1) is 11.3 Å². The van der Waals surface area contributed by atoms with Crippen molar-refractivity contribution in [3.05, 3.63) is 41.5 Å². The molecule has 2 aromatic heterocycles. The number of nitrogens with zero attached hydrogens (tertiary/aromatic N) is 4. The van der Waals surface area contributed by atoms with Gasteiger partial charge in [0.25, 0.3) is 0 Å². The summed E-state index contributed by atoms with van der Waals surface area (Å²) in [7, 11) is 3.50. The van der Waals surface area contributed by atoms with Crippen molar-refractivity contribution < 1.29 is 4.79 Å². The van der Waals surface area contributed by atoms with Crippen LogP contribution in [0.3, 0.4) is 0 Å². The Kier molecular flexibility index (Phi) is 4.45. The van der Waals surface area contributed by atoms with E-state index in [2.05, 4.69) is 11.1 Å². The van der Waals surface area contributed by atoms with Crippen molar-refractivity contribution in [1.29, 1.82) is 5.26 Å². The van der Waals surface area contributed by atoms with Crippen molar-refractivity contribution in [1.82, 2.24) is 14.3 Å². The van der Waals surface area contributed by atoms with Crippen LogP contribution in [0.4, 0.5) is 0 Å². The van der Waals surface area contributed by atoms with E-state index in [1.54, 1.807) is 19.0 Å². The maximum atomic E-state index is 12.0. The summed E-state index contributed by atoms with van der Waals surface area (Å²) < 4.78 is 1.99. The van der Waals surface area contributed by atoms with Crippen molar-refractivity contribution >= 4 is 34.3 Å². The maximum absolute atomic E-state index is 12.0. The number of aromatic nitrogens is 2. The average Bonchev–Trinajstić information content (AvgIpc) is 2.97. The molecule has 0 aliphatic carbocycles. The summed E-state index contributed by atoms with van der Waals surface area (Å²) in [6, 6.07) is 12.1. The molecule has 122 valence electrons. The van der Waals surface area contributed by atoms with Crippen molar-refractivity contribution in [2.45, 2.75) is 18.4 Å². The molecule has 1 amide bonds. The number of imidazole rings is 1. The third-order valence-corrected chi connectivity index (χ3v) is 4.95. The molecule has 0 atom stereocenters. The van der Waals surface area contributed by atoms with Crippen LogP contribution in [0.1, 0.15) is 18.1 Å². The average molecular weight is 338 g/mol. The number of benzene rings is 1. The lowest BCUT2D eigenvalue weighted by Gasteiger charge is -2.13. The van der Waals surface area contributed by atoms with Gasteiger partial charge in [-0.05, 0) is 30.2 Å². The first-order valence-corrected chi connectivity index (χ1v) is 8.71. The summed E-state index contributed by atoms with van der Waals surface area (Å²) in [5.41, 5.74) is 4.03. The largest absolute Gasteiger partial charge is 0.348 e. The Morgan fingerprint density at radius 3 is 2.79 bits per heavy atom. The number of thioether (sulfide) groups is 1. The minimum atomic E-state index is 0.0555. The minimum absolute atomic E-state index is 0.0555. The van der Waals surface area contributed by atoms with E-state index in [-0.39, 0.29) is 5.91 Å². The van der Waals surface area contributed by atoms with Crippen LogP contribution in [-0.4, -0.2) is 40.0 Å². The predicted molar refractivity (Wildman–Crippen MR) is 96.2 cm³/mol. The highest BCUT2D eigenvalue weighted by Gasteiger charge is 2.17. The smallest absolute Gasteiger partial charge is 0.232 e. The van der Waals surface area contributed by atoms with Crippen LogP contribution < -0.4 is 0 Å². The van der Waals surface area contributed by atoms with Gasteiger partial charge in [-0.2, -0.15) is 5.26 Å². The van der Waals surface area contributed by atoms with Gasteiger partial charge >= 0.3 is 0 Å².